The van der Waals surface area contributed by atoms with Gasteiger partial charge in [-0.2, -0.15) is 19.9 Å². The number of aliphatic hydroxyl groups is 1. The molecule has 0 aliphatic heterocycles. The smallest absolute Gasteiger partial charge is 0.328 e. The molecular weight excluding hydrogens is 396 g/mol. The van der Waals surface area contributed by atoms with Gasteiger partial charge in [0.15, 0.2) is 0 Å². The minimum atomic E-state index is -0.395. The fraction of sp³-hybridized carbons (Fsp3) is 0.263. The summed E-state index contributed by atoms with van der Waals surface area (Å²) < 4.78 is 31.9. The van der Waals surface area contributed by atoms with Gasteiger partial charge in [0.05, 0.1) is 52.7 Å². The van der Waals surface area contributed by atoms with Crippen LogP contribution in [-0.2, 0) is 6.61 Å². The molecule has 11 heteroatoms. The van der Waals surface area contributed by atoms with E-state index in [-0.39, 0.29) is 47.0 Å². The monoisotopic (exact) mass is 416 g/mol. The number of aromatic nitrogens is 4. The molecule has 0 spiro atoms. The van der Waals surface area contributed by atoms with E-state index in [1.54, 1.807) is 18.2 Å². The van der Waals surface area contributed by atoms with Gasteiger partial charge >= 0.3 is 12.0 Å². The van der Waals surface area contributed by atoms with Gasteiger partial charge in [-0.05, 0) is 12.1 Å². The summed E-state index contributed by atoms with van der Waals surface area (Å²) in [6.45, 7) is -0.395. The molecule has 0 fully saturated rings. The van der Waals surface area contributed by atoms with E-state index in [0.29, 0.717) is 5.56 Å². The zero-order valence-electron chi connectivity index (χ0n) is 16.8. The van der Waals surface area contributed by atoms with Crippen molar-refractivity contribution in [1.29, 1.82) is 0 Å². The molecule has 30 heavy (non-hydrogen) atoms. The van der Waals surface area contributed by atoms with Crippen LogP contribution in [0.25, 0.3) is 0 Å². The molecule has 0 amide bonds. The number of ether oxygens (including phenoxy) is 6. The van der Waals surface area contributed by atoms with E-state index >= 15 is 0 Å². The Kier molecular flexibility index (Phi) is 6.65. The lowest BCUT2D eigenvalue weighted by atomic mass is 10.2. The fourth-order valence-electron chi connectivity index (χ4n) is 2.37. The lowest BCUT2D eigenvalue weighted by Gasteiger charge is -2.14. The Bertz CT molecular complexity index is 896. The van der Waals surface area contributed by atoms with E-state index in [9.17, 15) is 5.11 Å². The minimum Gasteiger partial charge on any atom is -0.481 e. The van der Waals surface area contributed by atoms with Gasteiger partial charge in [-0.15, -0.1) is 0 Å². The van der Waals surface area contributed by atoms with E-state index < -0.39 is 6.61 Å². The zero-order valence-corrected chi connectivity index (χ0v) is 16.8. The first-order valence-corrected chi connectivity index (χ1v) is 8.62. The van der Waals surface area contributed by atoms with E-state index in [4.69, 9.17) is 28.4 Å². The second-order valence-electron chi connectivity index (χ2n) is 5.57. The molecular formula is C19H20N4O7. The lowest BCUT2D eigenvalue weighted by molar-refractivity contribution is 0.267. The van der Waals surface area contributed by atoms with Gasteiger partial charge < -0.3 is 33.5 Å². The molecule has 11 nitrogen and oxygen atoms in total. The maximum atomic E-state index is 9.92. The van der Waals surface area contributed by atoms with Crippen LogP contribution in [-0.4, -0.2) is 53.5 Å². The van der Waals surface area contributed by atoms with Crippen LogP contribution in [0.15, 0.2) is 30.3 Å². The number of hydrogen-bond donors (Lipinski definition) is 1. The van der Waals surface area contributed by atoms with Crippen LogP contribution >= 0.6 is 0 Å². The van der Waals surface area contributed by atoms with Crippen molar-refractivity contribution in [2.75, 3.05) is 28.4 Å². The first-order chi connectivity index (χ1) is 14.6. The van der Waals surface area contributed by atoms with Crippen molar-refractivity contribution < 1.29 is 33.5 Å². The van der Waals surface area contributed by atoms with Crippen molar-refractivity contribution in [2.45, 2.75) is 6.61 Å². The maximum absolute atomic E-state index is 9.92. The van der Waals surface area contributed by atoms with Gasteiger partial charge in [0.25, 0.3) is 0 Å². The van der Waals surface area contributed by atoms with Crippen molar-refractivity contribution in [3.63, 3.8) is 0 Å². The average molecular weight is 416 g/mol. The summed E-state index contributed by atoms with van der Waals surface area (Å²) in [7, 11) is 5.84. The minimum absolute atomic E-state index is 0.0302. The topological polar surface area (TPSA) is 127 Å². The van der Waals surface area contributed by atoms with Crippen LogP contribution in [0, 0.1) is 0 Å². The highest BCUT2D eigenvalue weighted by Crippen LogP contribution is 2.34. The van der Waals surface area contributed by atoms with Crippen LogP contribution in [0.1, 0.15) is 5.56 Å². The Morgan fingerprint density at radius 3 is 1.33 bits per heavy atom. The third-order valence-electron chi connectivity index (χ3n) is 3.80. The standard InChI is InChI=1S/C19H20N4O7/c1-25-14-8-15(26-2)21-18(20-14)29-12-6-5-7-13(11(12)10-24)30-19-22-16(27-3)9-17(23-19)28-4/h5-9,24H,10H2,1-4H3. The Hall–Kier alpha value is -3.86. The predicted molar refractivity (Wildman–Crippen MR) is 103 cm³/mol. The van der Waals surface area contributed by atoms with Crippen LogP contribution in [0.3, 0.4) is 0 Å². The van der Waals surface area contributed by atoms with Crippen molar-refractivity contribution in [1.82, 2.24) is 19.9 Å². The summed E-state index contributed by atoms with van der Waals surface area (Å²) in [5.74, 6) is 1.55. The Morgan fingerprint density at radius 2 is 1.03 bits per heavy atom. The first kappa shape index (κ1) is 20.9. The molecule has 0 atom stereocenters. The zero-order chi connectivity index (χ0) is 21.5. The van der Waals surface area contributed by atoms with Crippen LogP contribution in [0.2, 0.25) is 0 Å². The normalized spacial score (nSPS) is 10.3. The lowest BCUT2D eigenvalue weighted by Crippen LogP contribution is -2.02. The third-order valence-corrected chi connectivity index (χ3v) is 3.80. The van der Waals surface area contributed by atoms with Gasteiger partial charge in [0.1, 0.15) is 11.5 Å². The summed E-state index contributed by atoms with van der Waals surface area (Å²) in [6, 6.07) is 7.87. The van der Waals surface area contributed by atoms with E-state index in [2.05, 4.69) is 19.9 Å². The number of hydrogen-bond acceptors (Lipinski definition) is 11. The molecule has 0 radical (unpaired) electrons. The van der Waals surface area contributed by atoms with Crippen molar-refractivity contribution >= 4 is 0 Å². The molecule has 0 unspecified atom stereocenters. The Labute approximate surface area is 172 Å². The molecule has 2 heterocycles. The van der Waals surface area contributed by atoms with Gasteiger partial charge in [0.2, 0.25) is 23.5 Å². The second-order valence-corrected chi connectivity index (χ2v) is 5.57. The average Bonchev–Trinajstić information content (AvgIpc) is 2.78. The number of aliphatic hydroxyl groups excluding tert-OH is 1. The second kappa shape index (κ2) is 9.56. The van der Waals surface area contributed by atoms with E-state index in [1.807, 2.05) is 0 Å². The highest BCUT2D eigenvalue weighted by molar-refractivity contribution is 5.46. The van der Waals surface area contributed by atoms with Gasteiger partial charge in [-0.25, -0.2) is 0 Å². The van der Waals surface area contributed by atoms with Gasteiger partial charge in [-0.3, -0.25) is 0 Å². The summed E-state index contributed by atoms with van der Waals surface area (Å²) in [5.41, 5.74) is 0.327. The van der Waals surface area contributed by atoms with E-state index in [1.165, 1.54) is 40.6 Å². The fourth-order valence-corrected chi connectivity index (χ4v) is 2.37. The van der Waals surface area contributed by atoms with E-state index in [0.717, 1.165) is 0 Å². The molecule has 0 saturated carbocycles. The first-order valence-electron chi connectivity index (χ1n) is 8.62. The predicted octanol–water partition coefficient (Wildman–Crippen LogP) is 2.38. The Morgan fingerprint density at radius 1 is 0.667 bits per heavy atom. The molecule has 1 aromatic carbocycles. The number of methoxy groups -OCH3 is 4. The molecule has 1 N–H and O–H groups in total. The summed E-state index contributed by atoms with van der Waals surface area (Å²) in [6.07, 6.45) is 0. The largest absolute Gasteiger partial charge is 0.481 e. The van der Waals surface area contributed by atoms with Crippen molar-refractivity contribution in [3.05, 3.63) is 35.9 Å². The molecule has 158 valence electrons. The third kappa shape index (κ3) is 4.75. The van der Waals surface area contributed by atoms with Crippen LogP contribution in [0.4, 0.5) is 0 Å². The quantitative estimate of drug-likeness (QED) is 0.552. The molecule has 0 bridgehead atoms. The molecule has 0 saturated heterocycles. The highest BCUT2D eigenvalue weighted by Gasteiger charge is 2.16. The van der Waals surface area contributed by atoms with Gasteiger partial charge in [0, 0.05) is 0 Å². The van der Waals surface area contributed by atoms with Crippen molar-refractivity contribution in [2.24, 2.45) is 0 Å². The van der Waals surface area contributed by atoms with Crippen LogP contribution in [0.5, 0.6) is 47.0 Å². The maximum Gasteiger partial charge on any atom is 0.328 e. The number of benzene rings is 1. The number of rotatable bonds is 9. The van der Waals surface area contributed by atoms with Crippen LogP contribution < -0.4 is 28.4 Å². The SMILES string of the molecule is COc1cc(OC)nc(Oc2cccc(Oc3nc(OC)cc(OC)n3)c2CO)n1. The molecule has 0 aliphatic rings. The highest BCUT2D eigenvalue weighted by atomic mass is 16.5. The summed E-state index contributed by atoms with van der Waals surface area (Å²) in [5, 5.41) is 9.92. The summed E-state index contributed by atoms with van der Waals surface area (Å²) >= 11 is 0. The number of nitrogens with zero attached hydrogens (tertiary/aromatic N) is 4. The molecule has 3 aromatic rings. The molecule has 2 aromatic heterocycles. The molecule has 3 rings (SSSR count). The summed E-state index contributed by atoms with van der Waals surface area (Å²) in [4.78, 5) is 16.5. The molecule has 0 aliphatic carbocycles. The van der Waals surface area contributed by atoms with Gasteiger partial charge in [-0.1, -0.05) is 6.07 Å². The van der Waals surface area contributed by atoms with Crippen molar-refractivity contribution in [3.8, 4) is 47.0 Å². The Balaban J connectivity index is 1.94.